The molecule has 3 aromatic heterocycles. The fourth-order valence-corrected chi connectivity index (χ4v) is 6.98. The number of nitrogens with one attached hydrogen (secondary N) is 2. The summed E-state index contributed by atoms with van der Waals surface area (Å²) < 4.78 is 47.0. The van der Waals surface area contributed by atoms with Gasteiger partial charge in [-0.2, -0.15) is 13.2 Å². The van der Waals surface area contributed by atoms with Crippen molar-refractivity contribution < 1.29 is 27.5 Å². The SMILES string of the molecule is Nc1ncnc2c1c(-c1ccc(C(=O)Nc3cc(C(F)(F)F)ccn3)cc1)cn2C12CCC(NC(=O)OCc3ccccc3)(CC1)C2. The molecule has 2 bridgehead atoms. The van der Waals surface area contributed by atoms with E-state index in [9.17, 15) is 22.8 Å². The number of hydrogen-bond acceptors (Lipinski definition) is 7. The standard InChI is InChI=1S/C34H30F3N7O3/c35-34(36,37)24-10-15-39-26(16-24)42-30(45)23-8-6-22(7-9-23)25-17-44(29-27(25)28(38)40-20-41-29)33-13-11-32(19-33,12-14-33)43-31(46)47-18-21-4-2-1-3-5-21/h1-10,15-17,20H,11-14,18-19H2,(H,43,46)(H2,38,40,41)(H,39,42,45). The Balaban J connectivity index is 1.11. The van der Waals surface area contributed by atoms with Crippen LogP contribution in [0.4, 0.5) is 29.6 Å². The molecule has 2 amide bonds. The highest BCUT2D eigenvalue weighted by molar-refractivity contribution is 6.05. The third-order valence-corrected chi connectivity index (χ3v) is 9.30. The van der Waals surface area contributed by atoms with Crippen molar-refractivity contribution in [1.82, 2.24) is 24.8 Å². The van der Waals surface area contributed by atoms with Crippen LogP contribution in [0, 0.1) is 0 Å². The predicted octanol–water partition coefficient (Wildman–Crippen LogP) is 6.68. The van der Waals surface area contributed by atoms with Crippen molar-refractivity contribution in [3.63, 3.8) is 0 Å². The summed E-state index contributed by atoms with van der Waals surface area (Å²) in [5.41, 5.74) is 8.14. The zero-order chi connectivity index (χ0) is 32.8. The molecule has 240 valence electrons. The highest BCUT2D eigenvalue weighted by atomic mass is 19.4. The molecule has 3 heterocycles. The molecule has 0 aliphatic heterocycles. The number of hydrogen-bond donors (Lipinski definition) is 3. The summed E-state index contributed by atoms with van der Waals surface area (Å²) in [5, 5.41) is 6.26. The van der Waals surface area contributed by atoms with Gasteiger partial charge in [0.15, 0.2) is 0 Å². The normalized spacial score (nSPS) is 20.3. The van der Waals surface area contributed by atoms with Crippen LogP contribution in [-0.4, -0.2) is 37.1 Å². The summed E-state index contributed by atoms with van der Waals surface area (Å²) in [6.07, 6.45) is 3.35. The number of halogens is 3. The van der Waals surface area contributed by atoms with Crippen LogP contribution >= 0.6 is 0 Å². The van der Waals surface area contributed by atoms with E-state index in [4.69, 9.17) is 10.5 Å². The fraction of sp³-hybridized carbons (Fsp3) is 0.265. The van der Waals surface area contributed by atoms with Crippen LogP contribution in [0.5, 0.6) is 0 Å². The molecule has 5 aromatic rings. The first-order valence-corrected chi connectivity index (χ1v) is 15.1. The molecule has 2 aromatic carbocycles. The van der Waals surface area contributed by atoms with Crippen molar-refractivity contribution in [3.05, 3.63) is 102 Å². The first kappa shape index (κ1) is 30.2. The first-order valence-electron chi connectivity index (χ1n) is 15.1. The van der Waals surface area contributed by atoms with Crippen molar-refractivity contribution in [2.45, 2.75) is 56.0 Å². The van der Waals surface area contributed by atoms with Gasteiger partial charge in [-0.05, 0) is 67.5 Å². The molecule has 0 saturated heterocycles. The lowest BCUT2D eigenvalue weighted by molar-refractivity contribution is -0.137. The topological polar surface area (TPSA) is 137 Å². The van der Waals surface area contributed by atoms with Crippen LogP contribution in [0.3, 0.4) is 0 Å². The molecule has 47 heavy (non-hydrogen) atoms. The van der Waals surface area contributed by atoms with Crippen LogP contribution in [0.1, 0.15) is 53.6 Å². The van der Waals surface area contributed by atoms with Crippen molar-refractivity contribution in [3.8, 4) is 11.1 Å². The molecule has 13 heteroatoms. The number of nitrogens with two attached hydrogens (primary N) is 1. The number of nitrogens with zero attached hydrogens (tertiary/aromatic N) is 4. The van der Waals surface area contributed by atoms with E-state index in [1.165, 1.54) is 6.33 Å². The number of alkyl carbamates (subject to hydrolysis) is 1. The van der Waals surface area contributed by atoms with Crippen LogP contribution in [0.15, 0.2) is 85.5 Å². The minimum Gasteiger partial charge on any atom is -0.445 e. The smallest absolute Gasteiger partial charge is 0.416 e. The number of pyridine rings is 1. The van der Waals surface area contributed by atoms with Gasteiger partial charge in [0.2, 0.25) is 0 Å². The van der Waals surface area contributed by atoms with E-state index in [2.05, 4.69) is 30.2 Å². The molecule has 0 atom stereocenters. The molecule has 2 saturated carbocycles. The Labute approximate surface area is 267 Å². The molecule has 4 N–H and O–H groups in total. The summed E-state index contributed by atoms with van der Waals surface area (Å²) in [7, 11) is 0. The number of carbonyl (C=O) groups excluding carboxylic acids is 2. The summed E-state index contributed by atoms with van der Waals surface area (Å²) in [6.45, 7) is 0.193. The molecule has 0 spiro atoms. The number of rotatable bonds is 7. The molecular formula is C34H30F3N7O3. The Bertz CT molecular complexity index is 1970. The lowest BCUT2D eigenvalue weighted by atomic mass is 9.91. The zero-order valence-electron chi connectivity index (χ0n) is 25.1. The van der Waals surface area contributed by atoms with Gasteiger partial charge in [-0.3, -0.25) is 4.79 Å². The van der Waals surface area contributed by atoms with Gasteiger partial charge in [-0.15, -0.1) is 0 Å². The number of benzene rings is 2. The minimum absolute atomic E-state index is 0.193. The lowest BCUT2D eigenvalue weighted by Crippen LogP contribution is -2.45. The maximum atomic E-state index is 13.1. The van der Waals surface area contributed by atoms with Gasteiger partial charge in [-0.1, -0.05) is 42.5 Å². The number of anilines is 2. The van der Waals surface area contributed by atoms with Gasteiger partial charge in [0.25, 0.3) is 5.91 Å². The molecule has 0 radical (unpaired) electrons. The van der Waals surface area contributed by atoms with E-state index in [0.29, 0.717) is 23.3 Å². The maximum Gasteiger partial charge on any atom is 0.416 e. The van der Waals surface area contributed by atoms with Gasteiger partial charge in [0.1, 0.15) is 30.2 Å². The molecular weight excluding hydrogens is 611 g/mol. The molecule has 2 aliphatic carbocycles. The van der Waals surface area contributed by atoms with Crippen LogP contribution < -0.4 is 16.4 Å². The number of nitrogen functional groups attached to an aromatic ring is 1. The van der Waals surface area contributed by atoms with Crippen LogP contribution in [-0.2, 0) is 23.1 Å². The average Bonchev–Trinajstić information content (AvgIpc) is 3.75. The first-order chi connectivity index (χ1) is 22.5. The Morgan fingerprint density at radius 1 is 0.957 bits per heavy atom. The molecule has 0 unspecified atom stereocenters. The Hall–Kier alpha value is -5.46. The quantitative estimate of drug-likeness (QED) is 0.180. The molecule has 7 rings (SSSR count). The lowest BCUT2D eigenvalue weighted by Gasteiger charge is -2.29. The van der Waals surface area contributed by atoms with Crippen molar-refractivity contribution in [2.24, 2.45) is 0 Å². The van der Waals surface area contributed by atoms with E-state index in [1.54, 1.807) is 24.3 Å². The summed E-state index contributed by atoms with van der Waals surface area (Å²) >= 11 is 0. The highest BCUT2D eigenvalue weighted by Crippen LogP contribution is 2.56. The summed E-state index contributed by atoms with van der Waals surface area (Å²) in [4.78, 5) is 38.4. The van der Waals surface area contributed by atoms with Gasteiger partial charge < -0.3 is 25.7 Å². The number of alkyl halides is 3. The number of fused-ring (bicyclic) bond motifs is 3. The van der Waals surface area contributed by atoms with Crippen LogP contribution in [0.2, 0.25) is 0 Å². The van der Waals surface area contributed by atoms with Gasteiger partial charge in [0.05, 0.1) is 10.9 Å². The second-order valence-electron chi connectivity index (χ2n) is 12.2. The van der Waals surface area contributed by atoms with Gasteiger partial charge in [0, 0.05) is 34.6 Å². The zero-order valence-corrected chi connectivity index (χ0v) is 25.1. The van der Waals surface area contributed by atoms with E-state index in [-0.39, 0.29) is 23.5 Å². The summed E-state index contributed by atoms with van der Waals surface area (Å²) in [5.74, 6) is -0.498. The van der Waals surface area contributed by atoms with Gasteiger partial charge >= 0.3 is 12.3 Å². The molecule has 2 fully saturated rings. The number of ether oxygens (including phenoxy) is 1. The second kappa shape index (κ2) is 11.4. The minimum atomic E-state index is -4.56. The van der Waals surface area contributed by atoms with E-state index in [1.807, 2.05) is 36.5 Å². The van der Waals surface area contributed by atoms with Gasteiger partial charge in [-0.25, -0.2) is 19.7 Å². The maximum absolute atomic E-state index is 13.1. The van der Waals surface area contributed by atoms with Crippen molar-refractivity contribution >= 4 is 34.7 Å². The predicted molar refractivity (Wildman–Crippen MR) is 168 cm³/mol. The molecule has 10 nitrogen and oxygen atoms in total. The highest BCUT2D eigenvalue weighted by Gasteiger charge is 2.56. The monoisotopic (exact) mass is 641 g/mol. The van der Waals surface area contributed by atoms with E-state index in [0.717, 1.165) is 60.7 Å². The van der Waals surface area contributed by atoms with Crippen molar-refractivity contribution in [1.29, 1.82) is 0 Å². The van der Waals surface area contributed by atoms with Crippen molar-refractivity contribution in [2.75, 3.05) is 11.1 Å². The second-order valence-corrected chi connectivity index (χ2v) is 12.2. The summed E-state index contributed by atoms with van der Waals surface area (Å²) in [6, 6.07) is 17.8. The Morgan fingerprint density at radius 3 is 2.43 bits per heavy atom. The largest absolute Gasteiger partial charge is 0.445 e. The van der Waals surface area contributed by atoms with E-state index >= 15 is 0 Å². The molecule has 2 aliphatic rings. The number of aromatic nitrogens is 4. The third kappa shape index (κ3) is 5.73. The third-order valence-electron chi connectivity index (χ3n) is 9.30. The Morgan fingerprint density at radius 2 is 1.70 bits per heavy atom. The Kier molecular flexibility index (Phi) is 7.33. The fourth-order valence-electron chi connectivity index (χ4n) is 6.98. The number of carbonyl (C=O) groups is 2. The number of amides is 2. The van der Waals surface area contributed by atoms with E-state index < -0.39 is 29.3 Å². The van der Waals surface area contributed by atoms with Crippen LogP contribution in [0.25, 0.3) is 22.2 Å². The average molecular weight is 642 g/mol.